The van der Waals surface area contributed by atoms with E-state index in [0.717, 1.165) is 5.56 Å². The molecule has 2 amide bonds. The molecule has 0 saturated heterocycles. The number of carbonyl (C=O) groups is 3. The second-order valence-electron chi connectivity index (χ2n) is 5.88. The molecule has 136 valence electrons. The van der Waals surface area contributed by atoms with Crippen molar-refractivity contribution in [3.05, 3.63) is 77.6 Å². The lowest BCUT2D eigenvalue weighted by Gasteiger charge is -2.08. The number of nitrogens with one attached hydrogen (secondary N) is 2. The van der Waals surface area contributed by atoms with Gasteiger partial charge in [0, 0.05) is 18.2 Å². The fourth-order valence-electron chi connectivity index (χ4n) is 2.59. The Morgan fingerprint density at radius 3 is 2.22 bits per heavy atom. The van der Waals surface area contributed by atoms with Crippen LogP contribution < -0.4 is 10.6 Å². The number of amides is 2. The molecule has 0 radical (unpaired) electrons. The van der Waals surface area contributed by atoms with Gasteiger partial charge >= 0.3 is 0 Å². The average molecular weight is 362 g/mol. The quantitative estimate of drug-likeness (QED) is 0.677. The maximum absolute atomic E-state index is 12.5. The van der Waals surface area contributed by atoms with Crippen LogP contribution in [0.1, 0.15) is 38.2 Å². The van der Waals surface area contributed by atoms with E-state index in [-0.39, 0.29) is 17.5 Å². The molecule has 6 heteroatoms. The van der Waals surface area contributed by atoms with Gasteiger partial charge in [0.15, 0.2) is 11.5 Å². The van der Waals surface area contributed by atoms with Gasteiger partial charge in [0.25, 0.3) is 11.8 Å². The van der Waals surface area contributed by atoms with Crippen molar-refractivity contribution in [2.24, 2.45) is 0 Å². The van der Waals surface area contributed by atoms with Crippen molar-refractivity contribution in [3.63, 3.8) is 0 Å². The number of rotatable bonds is 5. The summed E-state index contributed by atoms with van der Waals surface area (Å²) in [5.74, 6) is -0.146. The number of para-hydroxylation sites is 1. The molecule has 6 nitrogen and oxygen atoms in total. The van der Waals surface area contributed by atoms with Gasteiger partial charge in [-0.2, -0.15) is 0 Å². The molecule has 0 aliphatic rings. The maximum atomic E-state index is 12.5. The van der Waals surface area contributed by atoms with Crippen molar-refractivity contribution in [1.82, 2.24) is 5.32 Å². The molecule has 2 aromatic carbocycles. The standard InChI is InChI=1S/C21H18N2O4/c1-13(24)14-7-9-15(10-8-14)18-11-12-19(27-18)21(26)23-17-6-4-3-5-16(17)20(25)22-2/h3-12H,1-2H3,(H,22,25)(H,23,26). The number of benzene rings is 2. The summed E-state index contributed by atoms with van der Waals surface area (Å²) >= 11 is 0. The van der Waals surface area contributed by atoms with Gasteiger partial charge in [-0.15, -0.1) is 0 Å². The minimum absolute atomic E-state index is 0.0177. The Hall–Kier alpha value is -3.67. The van der Waals surface area contributed by atoms with E-state index in [1.54, 1.807) is 60.7 Å². The van der Waals surface area contributed by atoms with Gasteiger partial charge in [0.2, 0.25) is 0 Å². The maximum Gasteiger partial charge on any atom is 0.291 e. The normalized spacial score (nSPS) is 10.3. The van der Waals surface area contributed by atoms with Crippen LogP contribution in [0.15, 0.2) is 65.1 Å². The first-order chi connectivity index (χ1) is 13.0. The second kappa shape index (κ2) is 7.70. The van der Waals surface area contributed by atoms with Crippen LogP contribution >= 0.6 is 0 Å². The van der Waals surface area contributed by atoms with Crippen molar-refractivity contribution < 1.29 is 18.8 Å². The monoisotopic (exact) mass is 362 g/mol. The molecule has 1 heterocycles. The van der Waals surface area contributed by atoms with Gasteiger partial charge in [-0.05, 0) is 31.2 Å². The van der Waals surface area contributed by atoms with E-state index in [0.29, 0.717) is 22.6 Å². The van der Waals surface area contributed by atoms with Crippen molar-refractivity contribution in [2.75, 3.05) is 12.4 Å². The smallest absolute Gasteiger partial charge is 0.291 e. The highest BCUT2D eigenvalue weighted by molar-refractivity contribution is 6.08. The molecule has 0 spiro atoms. The summed E-state index contributed by atoms with van der Waals surface area (Å²) in [4.78, 5) is 35.7. The third-order valence-corrected chi connectivity index (χ3v) is 4.05. The first-order valence-electron chi connectivity index (χ1n) is 8.33. The SMILES string of the molecule is CNC(=O)c1ccccc1NC(=O)c1ccc(-c2ccc(C(C)=O)cc2)o1. The predicted octanol–water partition coefficient (Wildman–Crippen LogP) is 3.76. The molecule has 1 aromatic heterocycles. The lowest BCUT2D eigenvalue weighted by molar-refractivity contribution is 0.0962. The van der Waals surface area contributed by atoms with Gasteiger partial charge < -0.3 is 15.1 Å². The van der Waals surface area contributed by atoms with Gasteiger partial charge in [0.1, 0.15) is 5.76 Å². The topological polar surface area (TPSA) is 88.4 Å². The fourth-order valence-corrected chi connectivity index (χ4v) is 2.59. The van der Waals surface area contributed by atoms with E-state index < -0.39 is 5.91 Å². The number of hydrogen-bond donors (Lipinski definition) is 2. The van der Waals surface area contributed by atoms with Gasteiger partial charge in [-0.3, -0.25) is 14.4 Å². The summed E-state index contributed by atoms with van der Waals surface area (Å²) in [5.41, 5.74) is 2.12. The first-order valence-corrected chi connectivity index (χ1v) is 8.33. The third-order valence-electron chi connectivity index (χ3n) is 4.05. The molecule has 0 atom stereocenters. The van der Waals surface area contributed by atoms with Crippen LogP contribution in [0, 0.1) is 0 Å². The lowest BCUT2D eigenvalue weighted by atomic mass is 10.1. The number of carbonyl (C=O) groups excluding carboxylic acids is 3. The van der Waals surface area contributed by atoms with E-state index in [2.05, 4.69) is 10.6 Å². The largest absolute Gasteiger partial charge is 0.451 e. The Labute approximate surface area is 156 Å². The summed E-state index contributed by atoms with van der Waals surface area (Å²) in [6.07, 6.45) is 0. The molecule has 0 unspecified atom stereocenters. The Morgan fingerprint density at radius 2 is 1.56 bits per heavy atom. The predicted molar refractivity (Wildman–Crippen MR) is 102 cm³/mol. The summed E-state index contributed by atoms with van der Waals surface area (Å²) < 4.78 is 5.63. The molecule has 3 aromatic rings. The molecule has 0 saturated carbocycles. The van der Waals surface area contributed by atoms with E-state index in [9.17, 15) is 14.4 Å². The molecule has 2 N–H and O–H groups in total. The number of ketones is 1. The van der Waals surface area contributed by atoms with Crippen LogP contribution in [0.4, 0.5) is 5.69 Å². The van der Waals surface area contributed by atoms with Gasteiger partial charge in [-0.25, -0.2) is 0 Å². The number of Topliss-reactive ketones (excluding diaryl/α,β-unsaturated/α-hetero) is 1. The first kappa shape index (κ1) is 18.1. The zero-order chi connectivity index (χ0) is 19.4. The lowest BCUT2D eigenvalue weighted by Crippen LogP contribution is -2.21. The van der Waals surface area contributed by atoms with E-state index in [4.69, 9.17) is 4.42 Å². The van der Waals surface area contributed by atoms with Crippen molar-refractivity contribution >= 4 is 23.3 Å². The fraction of sp³-hybridized carbons (Fsp3) is 0.0952. The Balaban J connectivity index is 1.80. The van der Waals surface area contributed by atoms with E-state index in [1.807, 2.05) is 0 Å². The summed E-state index contributed by atoms with van der Waals surface area (Å²) in [6, 6.07) is 16.9. The van der Waals surface area contributed by atoms with Gasteiger partial charge in [-0.1, -0.05) is 36.4 Å². The van der Waals surface area contributed by atoms with Crippen LogP contribution in [-0.4, -0.2) is 24.6 Å². The Kier molecular flexibility index (Phi) is 5.17. The van der Waals surface area contributed by atoms with Gasteiger partial charge in [0.05, 0.1) is 11.3 Å². The number of anilines is 1. The highest BCUT2D eigenvalue weighted by Gasteiger charge is 2.16. The van der Waals surface area contributed by atoms with Crippen LogP contribution in [0.2, 0.25) is 0 Å². The molecule has 0 aliphatic heterocycles. The zero-order valence-corrected chi connectivity index (χ0v) is 14.9. The minimum Gasteiger partial charge on any atom is -0.451 e. The van der Waals surface area contributed by atoms with Crippen LogP contribution in [-0.2, 0) is 0 Å². The zero-order valence-electron chi connectivity index (χ0n) is 14.9. The molecular weight excluding hydrogens is 344 g/mol. The molecule has 27 heavy (non-hydrogen) atoms. The van der Waals surface area contributed by atoms with E-state index >= 15 is 0 Å². The molecule has 0 bridgehead atoms. The van der Waals surface area contributed by atoms with E-state index in [1.165, 1.54) is 14.0 Å². The second-order valence-corrected chi connectivity index (χ2v) is 5.88. The average Bonchev–Trinajstić information content (AvgIpc) is 3.18. The number of hydrogen-bond acceptors (Lipinski definition) is 4. The molecular formula is C21H18N2O4. The Morgan fingerprint density at radius 1 is 0.852 bits per heavy atom. The minimum atomic E-state index is -0.460. The molecule has 3 rings (SSSR count). The Bertz CT molecular complexity index is 1000. The van der Waals surface area contributed by atoms with Crippen molar-refractivity contribution in [3.8, 4) is 11.3 Å². The molecule has 0 fully saturated rings. The van der Waals surface area contributed by atoms with Crippen molar-refractivity contribution in [1.29, 1.82) is 0 Å². The summed E-state index contributed by atoms with van der Waals surface area (Å²) in [7, 11) is 1.52. The van der Waals surface area contributed by atoms with Crippen LogP contribution in [0.5, 0.6) is 0 Å². The van der Waals surface area contributed by atoms with Crippen LogP contribution in [0.25, 0.3) is 11.3 Å². The summed E-state index contributed by atoms with van der Waals surface area (Å²) in [6.45, 7) is 1.50. The third kappa shape index (κ3) is 3.95. The summed E-state index contributed by atoms with van der Waals surface area (Å²) in [5, 5.41) is 5.23. The highest BCUT2D eigenvalue weighted by atomic mass is 16.3. The van der Waals surface area contributed by atoms with Crippen LogP contribution in [0.3, 0.4) is 0 Å². The highest BCUT2D eigenvalue weighted by Crippen LogP contribution is 2.24. The number of furan rings is 1. The molecule has 0 aliphatic carbocycles. The van der Waals surface area contributed by atoms with Crippen molar-refractivity contribution in [2.45, 2.75) is 6.92 Å².